The molecule has 1 aromatic carbocycles. The van der Waals surface area contributed by atoms with E-state index in [-0.39, 0.29) is 11.2 Å². The largest absolute Gasteiger partial charge is 0.332 e. The second kappa shape index (κ2) is 7.89. The fraction of sp³-hybridized carbons (Fsp3) is 0.450. The molecule has 0 spiro atoms. The van der Waals surface area contributed by atoms with Crippen LogP contribution in [0.1, 0.15) is 11.4 Å². The van der Waals surface area contributed by atoms with Gasteiger partial charge in [0, 0.05) is 51.3 Å². The van der Waals surface area contributed by atoms with Gasteiger partial charge in [-0.2, -0.15) is 0 Å². The number of halogens is 1. The Labute approximate surface area is 177 Å². The van der Waals surface area contributed by atoms with Crippen molar-refractivity contribution in [2.75, 3.05) is 33.2 Å². The van der Waals surface area contributed by atoms with Crippen LogP contribution in [0.4, 0.5) is 0 Å². The molecule has 1 aliphatic heterocycles. The molecule has 29 heavy (non-hydrogen) atoms. The number of imidazole rings is 1. The third-order valence-electron chi connectivity index (χ3n) is 5.64. The molecular weight excluding hydrogens is 436 g/mol. The van der Waals surface area contributed by atoms with Gasteiger partial charge in [-0.15, -0.1) is 0 Å². The third-order valence-corrected chi connectivity index (χ3v) is 6.17. The van der Waals surface area contributed by atoms with Gasteiger partial charge in [-0.05, 0) is 24.7 Å². The highest BCUT2D eigenvalue weighted by Gasteiger charge is 2.22. The van der Waals surface area contributed by atoms with E-state index >= 15 is 0 Å². The van der Waals surface area contributed by atoms with E-state index < -0.39 is 0 Å². The second-order valence-corrected chi connectivity index (χ2v) is 8.61. The minimum Gasteiger partial charge on any atom is -0.317 e. The molecule has 1 fully saturated rings. The Morgan fingerprint density at radius 2 is 1.59 bits per heavy atom. The van der Waals surface area contributed by atoms with Gasteiger partial charge in [-0.3, -0.25) is 18.8 Å². The fourth-order valence-corrected chi connectivity index (χ4v) is 4.03. The van der Waals surface area contributed by atoms with E-state index in [1.165, 1.54) is 11.6 Å². The van der Waals surface area contributed by atoms with E-state index in [0.29, 0.717) is 24.3 Å². The lowest BCUT2D eigenvalue weighted by molar-refractivity contribution is 0.144. The first-order valence-electron chi connectivity index (χ1n) is 9.65. The molecule has 1 aliphatic rings. The molecule has 0 atom stereocenters. The Kier molecular flexibility index (Phi) is 5.46. The summed E-state index contributed by atoms with van der Waals surface area (Å²) in [7, 11) is 5.31. The number of aromatic nitrogens is 4. The zero-order valence-corrected chi connectivity index (χ0v) is 18.5. The zero-order chi connectivity index (χ0) is 20.7. The number of rotatable bonds is 4. The molecule has 3 heterocycles. The van der Waals surface area contributed by atoms with Crippen molar-refractivity contribution < 1.29 is 0 Å². The monoisotopic (exact) mass is 460 g/mol. The number of nitrogens with zero attached hydrogens (tertiary/aromatic N) is 6. The van der Waals surface area contributed by atoms with Gasteiger partial charge in [0.05, 0.1) is 6.54 Å². The Bertz CT molecular complexity index is 1150. The summed E-state index contributed by atoms with van der Waals surface area (Å²) in [5.41, 5.74) is 1.32. The molecule has 4 rings (SSSR count). The highest BCUT2D eigenvalue weighted by molar-refractivity contribution is 9.10. The van der Waals surface area contributed by atoms with Crippen LogP contribution in [0.3, 0.4) is 0 Å². The van der Waals surface area contributed by atoms with Crippen LogP contribution in [-0.2, 0) is 27.2 Å². The molecule has 0 bridgehead atoms. The smallest absolute Gasteiger partial charge is 0.317 e. The van der Waals surface area contributed by atoms with Crippen LogP contribution < -0.4 is 11.2 Å². The summed E-state index contributed by atoms with van der Waals surface area (Å²) in [6.07, 6.45) is 0. The van der Waals surface area contributed by atoms with Gasteiger partial charge in [-0.1, -0.05) is 28.1 Å². The number of aryl methyl sites for hydroxylation is 1. The Morgan fingerprint density at radius 1 is 0.931 bits per heavy atom. The van der Waals surface area contributed by atoms with Gasteiger partial charge in [0.15, 0.2) is 11.2 Å². The molecule has 9 heteroatoms. The third kappa shape index (κ3) is 3.82. The van der Waals surface area contributed by atoms with Crippen molar-refractivity contribution >= 4 is 27.1 Å². The number of fused-ring (bicyclic) bond motifs is 1. The van der Waals surface area contributed by atoms with Crippen molar-refractivity contribution in [3.63, 3.8) is 0 Å². The van der Waals surface area contributed by atoms with E-state index in [9.17, 15) is 9.59 Å². The van der Waals surface area contributed by atoms with Crippen LogP contribution in [0.2, 0.25) is 0 Å². The van der Waals surface area contributed by atoms with E-state index in [1.807, 2.05) is 28.8 Å². The quantitative estimate of drug-likeness (QED) is 0.580. The molecule has 0 unspecified atom stereocenters. The van der Waals surface area contributed by atoms with Gasteiger partial charge in [0.2, 0.25) is 0 Å². The van der Waals surface area contributed by atoms with E-state index in [0.717, 1.165) is 46.6 Å². The highest BCUT2D eigenvalue weighted by Crippen LogP contribution is 2.18. The molecule has 8 nitrogen and oxygen atoms in total. The van der Waals surface area contributed by atoms with Crippen LogP contribution in [0, 0.1) is 0 Å². The first kappa shape index (κ1) is 20.1. The number of hydrogen-bond acceptors (Lipinski definition) is 5. The summed E-state index contributed by atoms with van der Waals surface area (Å²) in [4.78, 5) is 34.8. The number of benzene rings is 1. The summed E-state index contributed by atoms with van der Waals surface area (Å²) in [6, 6.07) is 8.04. The minimum atomic E-state index is -0.359. The van der Waals surface area contributed by atoms with Crippen molar-refractivity contribution in [1.82, 2.24) is 28.5 Å². The standard InChI is InChI=1S/C20H25BrN6O2/c1-23-8-10-26(11-9-23)13-16-22-18-17(19(28)25(3)20(29)24(18)2)27(16)12-14-4-6-15(21)7-5-14/h4-7H,8-13H2,1-3H3. The normalized spacial score (nSPS) is 16.0. The first-order valence-corrected chi connectivity index (χ1v) is 10.4. The number of hydrogen-bond donors (Lipinski definition) is 0. The summed E-state index contributed by atoms with van der Waals surface area (Å²) < 4.78 is 5.59. The molecule has 3 aromatic rings. The molecule has 0 radical (unpaired) electrons. The van der Waals surface area contributed by atoms with Gasteiger partial charge >= 0.3 is 5.69 Å². The van der Waals surface area contributed by atoms with Gasteiger partial charge in [-0.25, -0.2) is 9.78 Å². The molecule has 0 N–H and O–H groups in total. The SMILES string of the molecule is CN1CCN(Cc2nc3c(c(=O)n(C)c(=O)n3C)n2Cc2ccc(Br)cc2)CC1. The Morgan fingerprint density at radius 3 is 2.24 bits per heavy atom. The molecule has 154 valence electrons. The summed E-state index contributed by atoms with van der Waals surface area (Å²) in [5.74, 6) is 0.811. The molecular formula is C20H25BrN6O2. The van der Waals surface area contributed by atoms with Crippen LogP contribution in [-0.4, -0.2) is 61.7 Å². The van der Waals surface area contributed by atoms with Crippen LogP contribution in [0.25, 0.3) is 11.2 Å². The van der Waals surface area contributed by atoms with Gasteiger partial charge in [0.25, 0.3) is 5.56 Å². The van der Waals surface area contributed by atoms with Crippen LogP contribution in [0.15, 0.2) is 38.3 Å². The number of likely N-dealkylation sites (N-methyl/N-ethyl adjacent to an activating group) is 1. The molecule has 0 amide bonds. The van der Waals surface area contributed by atoms with Crippen molar-refractivity contribution in [3.8, 4) is 0 Å². The Hall–Kier alpha value is -2.23. The van der Waals surface area contributed by atoms with Gasteiger partial charge in [0.1, 0.15) is 5.82 Å². The van der Waals surface area contributed by atoms with Crippen molar-refractivity contribution in [2.24, 2.45) is 14.1 Å². The predicted molar refractivity (Wildman–Crippen MR) is 116 cm³/mol. The summed E-state index contributed by atoms with van der Waals surface area (Å²) in [5, 5.41) is 0. The van der Waals surface area contributed by atoms with Crippen LogP contribution in [0.5, 0.6) is 0 Å². The number of piperazine rings is 1. The summed E-state index contributed by atoms with van der Waals surface area (Å²) >= 11 is 3.47. The highest BCUT2D eigenvalue weighted by atomic mass is 79.9. The first-order chi connectivity index (χ1) is 13.8. The average Bonchev–Trinajstić information content (AvgIpc) is 3.06. The lowest BCUT2D eigenvalue weighted by atomic mass is 10.2. The average molecular weight is 461 g/mol. The van der Waals surface area contributed by atoms with Crippen molar-refractivity contribution in [3.05, 3.63) is 61.0 Å². The van der Waals surface area contributed by atoms with Crippen molar-refractivity contribution in [1.29, 1.82) is 0 Å². The topological polar surface area (TPSA) is 68.3 Å². The maximum absolute atomic E-state index is 13.0. The maximum atomic E-state index is 13.0. The van der Waals surface area contributed by atoms with Crippen LogP contribution >= 0.6 is 15.9 Å². The predicted octanol–water partition coefficient (Wildman–Crippen LogP) is 0.992. The molecule has 2 aromatic heterocycles. The minimum absolute atomic E-state index is 0.308. The van der Waals surface area contributed by atoms with E-state index in [2.05, 4.69) is 32.8 Å². The second-order valence-electron chi connectivity index (χ2n) is 7.70. The van der Waals surface area contributed by atoms with Crippen molar-refractivity contribution in [2.45, 2.75) is 13.1 Å². The maximum Gasteiger partial charge on any atom is 0.332 e. The van der Waals surface area contributed by atoms with Gasteiger partial charge < -0.3 is 9.47 Å². The molecule has 0 saturated carbocycles. The lowest BCUT2D eigenvalue weighted by Crippen LogP contribution is -2.44. The molecule has 1 saturated heterocycles. The molecule has 0 aliphatic carbocycles. The zero-order valence-electron chi connectivity index (χ0n) is 16.9. The summed E-state index contributed by atoms with van der Waals surface area (Å²) in [6.45, 7) is 5.10. The fourth-order valence-electron chi connectivity index (χ4n) is 3.76. The van der Waals surface area contributed by atoms with E-state index in [4.69, 9.17) is 4.98 Å². The Balaban J connectivity index is 1.83. The lowest BCUT2D eigenvalue weighted by Gasteiger charge is -2.32. The van der Waals surface area contributed by atoms with E-state index in [1.54, 1.807) is 7.05 Å².